The van der Waals surface area contributed by atoms with E-state index in [-0.39, 0.29) is 11.5 Å². The molecule has 5 nitrogen and oxygen atoms in total. The Morgan fingerprint density at radius 3 is 2.58 bits per heavy atom. The number of hydrogen-bond donors (Lipinski definition) is 1. The molecule has 0 saturated heterocycles. The molecule has 0 spiro atoms. The van der Waals surface area contributed by atoms with Gasteiger partial charge >= 0.3 is 5.97 Å². The third-order valence-corrected chi connectivity index (χ3v) is 3.60. The highest BCUT2D eigenvalue weighted by atomic mass is 16.4. The molecule has 1 aromatic heterocycles. The van der Waals surface area contributed by atoms with E-state index in [1.54, 1.807) is 4.90 Å². The molecule has 2 rings (SSSR count). The van der Waals surface area contributed by atoms with Crippen LogP contribution in [-0.2, 0) is 0 Å². The summed E-state index contributed by atoms with van der Waals surface area (Å²) in [5.74, 6) is -0.540. The first-order valence-corrected chi connectivity index (χ1v) is 6.60. The Morgan fingerprint density at radius 2 is 2.16 bits per heavy atom. The molecule has 1 aliphatic rings. The minimum atomic E-state index is -1.03. The lowest BCUT2D eigenvalue weighted by molar-refractivity contribution is 0.0683. The highest BCUT2D eigenvalue weighted by Crippen LogP contribution is 2.27. The molecule has 0 atom stereocenters. The van der Waals surface area contributed by atoms with Crippen LogP contribution in [0.4, 0.5) is 0 Å². The molecular weight excluding hydrogens is 244 g/mol. The monoisotopic (exact) mass is 262 g/mol. The molecule has 0 bridgehead atoms. The van der Waals surface area contributed by atoms with Gasteiger partial charge in [-0.15, -0.1) is 0 Å². The molecule has 1 aromatic rings. The van der Waals surface area contributed by atoms with Gasteiger partial charge in [-0.05, 0) is 37.8 Å². The molecule has 0 aliphatic heterocycles. The third-order valence-electron chi connectivity index (χ3n) is 3.60. The lowest BCUT2D eigenvalue weighted by atomic mass is 9.85. The van der Waals surface area contributed by atoms with Crippen LogP contribution in [-0.4, -0.2) is 40.0 Å². The maximum Gasteiger partial charge on any atom is 0.337 e. The molecule has 1 saturated carbocycles. The Balaban J connectivity index is 2.05. The van der Waals surface area contributed by atoms with Crippen molar-refractivity contribution in [3.8, 4) is 0 Å². The first-order chi connectivity index (χ1) is 9.11. The summed E-state index contributed by atoms with van der Waals surface area (Å²) in [5, 5.41) is 8.79. The molecule has 102 valence electrons. The van der Waals surface area contributed by atoms with Crippen LogP contribution in [0.15, 0.2) is 18.3 Å². The molecule has 1 aliphatic carbocycles. The van der Waals surface area contributed by atoms with Gasteiger partial charge in [-0.1, -0.05) is 6.42 Å². The highest BCUT2D eigenvalue weighted by molar-refractivity contribution is 5.93. The minimum absolute atomic E-state index is 0.0959. The van der Waals surface area contributed by atoms with Crippen LogP contribution in [0, 0.1) is 5.92 Å². The Kier molecular flexibility index (Phi) is 4.14. The zero-order chi connectivity index (χ0) is 13.8. The van der Waals surface area contributed by atoms with Gasteiger partial charge in [-0.2, -0.15) is 0 Å². The summed E-state index contributed by atoms with van der Waals surface area (Å²) in [6.45, 7) is 3.37. The first-order valence-electron chi connectivity index (χ1n) is 6.60. The molecule has 19 heavy (non-hydrogen) atoms. The van der Waals surface area contributed by atoms with Crippen LogP contribution < -0.4 is 0 Å². The molecule has 1 heterocycles. The van der Waals surface area contributed by atoms with E-state index in [0.29, 0.717) is 18.2 Å². The van der Waals surface area contributed by atoms with Crippen molar-refractivity contribution in [2.24, 2.45) is 5.92 Å². The van der Waals surface area contributed by atoms with E-state index in [1.807, 2.05) is 6.92 Å². The van der Waals surface area contributed by atoms with E-state index in [1.165, 1.54) is 37.6 Å². The van der Waals surface area contributed by atoms with Gasteiger partial charge in [0, 0.05) is 19.3 Å². The van der Waals surface area contributed by atoms with Crippen molar-refractivity contribution in [2.75, 3.05) is 13.1 Å². The zero-order valence-electron chi connectivity index (χ0n) is 11.0. The van der Waals surface area contributed by atoms with E-state index in [9.17, 15) is 9.59 Å². The smallest absolute Gasteiger partial charge is 0.337 e. The number of aromatic nitrogens is 1. The number of hydrogen-bond acceptors (Lipinski definition) is 3. The second-order valence-corrected chi connectivity index (χ2v) is 4.88. The van der Waals surface area contributed by atoms with E-state index in [4.69, 9.17) is 5.11 Å². The molecule has 5 heteroatoms. The lowest BCUT2D eigenvalue weighted by Gasteiger charge is -2.31. The van der Waals surface area contributed by atoms with Gasteiger partial charge in [0.15, 0.2) is 0 Å². The average Bonchev–Trinajstić information content (AvgIpc) is 2.37. The standard InChI is InChI=1S/C14H18N2O3/c1-2-16(9-10-4-3-5-10)13(17)12-7-6-11(8-15-12)14(18)19/h6-8,10H,2-5,9H2,1H3,(H,18,19). The number of rotatable bonds is 5. The number of aromatic carboxylic acids is 1. The summed E-state index contributed by atoms with van der Waals surface area (Å²) in [7, 11) is 0. The number of carboxylic acid groups (broad SMARTS) is 1. The van der Waals surface area contributed by atoms with Crippen molar-refractivity contribution in [3.05, 3.63) is 29.6 Å². The minimum Gasteiger partial charge on any atom is -0.478 e. The number of carboxylic acids is 1. The third kappa shape index (κ3) is 3.10. The summed E-state index contributed by atoms with van der Waals surface area (Å²) in [6, 6.07) is 2.90. The van der Waals surface area contributed by atoms with Gasteiger partial charge in [0.1, 0.15) is 5.69 Å². The summed E-state index contributed by atoms with van der Waals surface area (Å²) in [5.41, 5.74) is 0.407. The number of amides is 1. The number of nitrogens with zero attached hydrogens (tertiary/aromatic N) is 2. The summed E-state index contributed by atoms with van der Waals surface area (Å²) >= 11 is 0. The van der Waals surface area contributed by atoms with Crippen molar-refractivity contribution in [2.45, 2.75) is 26.2 Å². The normalized spacial score (nSPS) is 14.8. The van der Waals surface area contributed by atoms with Crippen molar-refractivity contribution < 1.29 is 14.7 Å². The van der Waals surface area contributed by atoms with Crippen LogP contribution in [0.3, 0.4) is 0 Å². The average molecular weight is 262 g/mol. The van der Waals surface area contributed by atoms with Gasteiger partial charge in [0.25, 0.3) is 5.91 Å². The fraction of sp³-hybridized carbons (Fsp3) is 0.500. The van der Waals surface area contributed by atoms with Gasteiger partial charge in [0.2, 0.25) is 0 Å². The van der Waals surface area contributed by atoms with E-state index in [0.717, 1.165) is 6.54 Å². The largest absolute Gasteiger partial charge is 0.478 e. The molecule has 1 amide bonds. The topological polar surface area (TPSA) is 70.5 Å². The van der Waals surface area contributed by atoms with Gasteiger partial charge in [-0.25, -0.2) is 4.79 Å². The molecule has 1 N–H and O–H groups in total. The van der Waals surface area contributed by atoms with E-state index < -0.39 is 5.97 Å². The van der Waals surface area contributed by atoms with Crippen LogP contribution >= 0.6 is 0 Å². The van der Waals surface area contributed by atoms with Crippen LogP contribution in [0.25, 0.3) is 0 Å². The van der Waals surface area contributed by atoms with Crippen LogP contribution in [0.5, 0.6) is 0 Å². The lowest BCUT2D eigenvalue weighted by Crippen LogP contribution is -2.37. The van der Waals surface area contributed by atoms with Gasteiger partial charge < -0.3 is 10.0 Å². The SMILES string of the molecule is CCN(CC1CCC1)C(=O)c1ccc(C(=O)O)cn1. The van der Waals surface area contributed by atoms with E-state index in [2.05, 4.69) is 4.98 Å². The Hall–Kier alpha value is -1.91. The Labute approximate surface area is 112 Å². The molecule has 0 aromatic carbocycles. The predicted molar refractivity (Wildman–Crippen MR) is 70.1 cm³/mol. The molecule has 0 unspecified atom stereocenters. The highest BCUT2D eigenvalue weighted by Gasteiger charge is 2.24. The maximum atomic E-state index is 12.2. The second kappa shape index (κ2) is 5.82. The van der Waals surface area contributed by atoms with Crippen LogP contribution in [0.1, 0.15) is 47.0 Å². The first kappa shape index (κ1) is 13.5. The number of carbonyl (C=O) groups is 2. The molecule has 1 fully saturated rings. The Morgan fingerprint density at radius 1 is 1.42 bits per heavy atom. The number of pyridine rings is 1. The summed E-state index contributed by atoms with van der Waals surface area (Å²) in [4.78, 5) is 28.7. The molecule has 0 radical (unpaired) electrons. The van der Waals surface area contributed by atoms with Crippen molar-refractivity contribution >= 4 is 11.9 Å². The second-order valence-electron chi connectivity index (χ2n) is 4.88. The van der Waals surface area contributed by atoms with Gasteiger partial charge in [-0.3, -0.25) is 9.78 Å². The maximum absolute atomic E-state index is 12.2. The Bertz CT molecular complexity index is 466. The van der Waals surface area contributed by atoms with Crippen molar-refractivity contribution in [3.63, 3.8) is 0 Å². The summed E-state index contributed by atoms with van der Waals surface area (Å²) < 4.78 is 0. The van der Waals surface area contributed by atoms with Crippen molar-refractivity contribution in [1.29, 1.82) is 0 Å². The fourth-order valence-electron chi connectivity index (χ4n) is 2.15. The number of carbonyl (C=O) groups excluding carboxylic acids is 1. The van der Waals surface area contributed by atoms with Crippen molar-refractivity contribution in [1.82, 2.24) is 9.88 Å². The predicted octanol–water partition coefficient (Wildman–Crippen LogP) is 2.04. The molecular formula is C14H18N2O3. The quantitative estimate of drug-likeness (QED) is 0.881. The fourth-order valence-corrected chi connectivity index (χ4v) is 2.15. The zero-order valence-corrected chi connectivity index (χ0v) is 11.0. The van der Waals surface area contributed by atoms with E-state index >= 15 is 0 Å². The van der Waals surface area contributed by atoms with Gasteiger partial charge in [0.05, 0.1) is 5.56 Å². The summed E-state index contributed by atoms with van der Waals surface area (Å²) in [6.07, 6.45) is 4.86. The van der Waals surface area contributed by atoms with Crippen LogP contribution in [0.2, 0.25) is 0 Å².